The maximum absolute atomic E-state index is 12.4. The number of anilines is 1. The van der Waals surface area contributed by atoms with Crippen molar-refractivity contribution in [2.75, 3.05) is 11.6 Å². The van der Waals surface area contributed by atoms with E-state index in [-0.39, 0.29) is 5.91 Å². The van der Waals surface area contributed by atoms with Crippen LogP contribution in [0.15, 0.2) is 40.7 Å². The van der Waals surface area contributed by atoms with Crippen LogP contribution in [0.5, 0.6) is 0 Å². The summed E-state index contributed by atoms with van der Waals surface area (Å²) >= 11 is 3.04. The summed E-state index contributed by atoms with van der Waals surface area (Å²) in [6.07, 6.45) is 4.00. The minimum absolute atomic E-state index is 0.0676. The molecule has 6 heteroatoms. The van der Waals surface area contributed by atoms with Crippen LogP contribution < -0.4 is 5.32 Å². The fraction of sp³-hybridized carbons (Fsp3) is 0.250. The molecule has 2 heterocycles. The van der Waals surface area contributed by atoms with Crippen molar-refractivity contribution in [1.29, 1.82) is 0 Å². The SMILES string of the molecule is CSc1ccsc1C(=O)Nc1ccc2cn(C(C)C)nc2c1. The molecule has 0 saturated heterocycles. The van der Waals surface area contributed by atoms with Crippen molar-refractivity contribution >= 4 is 45.6 Å². The van der Waals surface area contributed by atoms with E-state index >= 15 is 0 Å². The lowest BCUT2D eigenvalue weighted by molar-refractivity contribution is 0.102. The number of rotatable bonds is 4. The lowest BCUT2D eigenvalue weighted by Gasteiger charge is -2.05. The number of hydrogen-bond acceptors (Lipinski definition) is 4. The zero-order chi connectivity index (χ0) is 15.7. The van der Waals surface area contributed by atoms with Gasteiger partial charge >= 0.3 is 0 Å². The summed E-state index contributed by atoms with van der Waals surface area (Å²) in [5.74, 6) is -0.0676. The Kier molecular flexibility index (Phi) is 4.22. The van der Waals surface area contributed by atoms with Crippen LogP contribution in [0.2, 0.25) is 0 Å². The van der Waals surface area contributed by atoms with E-state index in [9.17, 15) is 4.79 Å². The van der Waals surface area contributed by atoms with Crippen molar-refractivity contribution in [3.63, 3.8) is 0 Å². The topological polar surface area (TPSA) is 46.9 Å². The number of nitrogens with zero attached hydrogens (tertiary/aromatic N) is 2. The van der Waals surface area contributed by atoms with Crippen LogP contribution in [0, 0.1) is 0 Å². The summed E-state index contributed by atoms with van der Waals surface area (Å²) in [5, 5.41) is 10.5. The Labute approximate surface area is 137 Å². The molecule has 2 aromatic heterocycles. The molecule has 22 heavy (non-hydrogen) atoms. The Morgan fingerprint density at radius 2 is 2.18 bits per heavy atom. The molecule has 0 spiro atoms. The third-order valence-electron chi connectivity index (χ3n) is 3.37. The smallest absolute Gasteiger partial charge is 0.266 e. The van der Waals surface area contributed by atoms with E-state index in [4.69, 9.17) is 0 Å². The van der Waals surface area contributed by atoms with Gasteiger partial charge in [-0.15, -0.1) is 23.1 Å². The summed E-state index contributed by atoms with van der Waals surface area (Å²) in [5.41, 5.74) is 1.66. The van der Waals surface area contributed by atoms with Gasteiger partial charge in [0.15, 0.2) is 0 Å². The normalized spacial score (nSPS) is 11.3. The Morgan fingerprint density at radius 3 is 2.91 bits per heavy atom. The molecule has 4 nitrogen and oxygen atoms in total. The number of nitrogens with one attached hydrogen (secondary N) is 1. The molecule has 3 rings (SSSR count). The molecule has 0 aliphatic carbocycles. The largest absolute Gasteiger partial charge is 0.321 e. The Morgan fingerprint density at radius 1 is 1.36 bits per heavy atom. The number of aromatic nitrogens is 2. The second-order valence-electron chi connectivity index (χ2n) is 5.25. The summed E-state index contributed by atoms with van der Waals surface area (Å²) in [4.78, 5) is 14.1. The first-order chi connectivity index (χ1) is 10.6. The van der Waals surface area contributed by atoms with Gasteiger partial charge in [-0.05, 0) is 49.7 Å². The predicted octanol–water partition coefficient (Wildman–Crippen LogP) is 4.65. The third-order valence-corrected chi connectivity index (χ3v) is 5.19. The van der Waals surface area contributed by atoms with Crippen LogP contribution in [0.4, 0.5) is 5.69 Å². The number of carbonyl (C=O) groups is 1. The van der Waals surface area contributed by atoms with Crippen molar-refractivity contribution in [2.45, 2.75) is 24.8 Å². The maximum atomic E-state index is 12.4. The fourth-order valence-corrected chi connectivity index (χ4v) is 3.83. The summed E-state index contributed by atoms with van der Waals surface area (Å²) < 4.78 is 1.93. The minimum atomic E-state index is -0.0676. The summed E-state index contributed by atoms with van der Waals surface area (Å²) in [6.45, 7) is 4.19. The Hall–Kier alpha value is -1.79. The average Bonchev–Trinajstić information content (AvgIpc) is 3.12. The van der Waals surface area contributed by atoms with Gasteiger partial charge in [0.1, 0.15) is 4.88 Å². The van der Waals surface area contributed by atoms with E-state index < -0.39 is 0 Å². The number of fused-ring (bicyclic) bond motifs is 1. The second-order valence-corrected chi connectivity index (χ2v) is 7.01. The van der Waals surface area contributed by atoms with Crippen LogP contribution in [0.3, 0.4) is 0 Å². The second kappa shape index (κ2) is 6.14. The van der Waals surface area contributed by atoms with Gasteiger partial charge in [-0.2, -0.15) is 5.10 Å². The average molecular weight is 331 g/mol. The van der Waals surface area contributed by atoms with Gasteiger partial charge in [0, 0.05) is 28.2 Å². The first-order valence-corrected chi connectivity index (χ1v) is 9.10. The van der Waals surface area contributed by atoms with Crippen LogP contribution in [-0.2, 0) is 0 Å². The van der Waals surface area contributed by atoms with Crippen molar-refractivity contribution in [3.05, 3.63) is 40.7 Å². The molecule has 0 bridgehead atoms. The number of carbonyl (C=O) groups excluding carboxylic acids is 1. The van der Waals surface area contributed by atoms with Crippen LogP contribution in [0.25, 0.3) is 10.9 Å². The number of thioether (sulfide) groups is 1. The zero-order valence-corrected chi connectivity index (χ0v) is 14.3. The highest BCUT2D eigenvalue weighted by molar-refractivity contribution is 7.98. The highest BCUT2D eigenvalue weighted by Crippen LogP contribution is 2.27. The molecule has 0 radical (unpaired) electrons. The van der Waals surface area contributed by atoms with Crippen molar-refractivity contribution in [1.82, 2.24) is 9.78 Å². The lowest BCUT2D eigenvalue weighted by Crippen LogP contribution is -2.10. The molecule has 114 valence electrons. The lowest BCUT2D eigenvalue weighted by atomic mass is 10.2. The summed E-state index contributed by atoms with van der Waals surface area (Å²) in [6, 6.07) is 8.11. The first-order valence-electron chi connectivity index (χ1n) is 7.00. The number of benzene rings is 1. The molecule has 0 fully saturated rings. The molecule has 0 atom stereocenters. The van der Waals surface area contributed by atoms with Gasteiger partial charge in [-0.25, -0.2) is 0 Å². The van der Waals surface area contributed by atoms with E-state index in [0.717, 1.165) is 26.4 Å². The molecule has 0 unspecified atom stereocenters. The third kappa shape index (κ3) is 2.89. The van der Waals surface area contributed by atoms with Crippen molar-refractivity contribution < 1.29 is 4.79 Å². The van der Waals surface area contributed by atoms with Gasteiger partial charge < -0.3 is 5.32 Å². The van der Waals surface area contributed by atoms with Gasteiger partial charge in [0.2, 0.25) is 0 Å². The molecular weight excluding hydrogens is 314 g/mol. The van der Waals surface area contributed by atoms with Crippen molar-refractivity contribution in [2.24, 2.45) is 0 Å². The van der Waals surface area contributed by atoms with Gasteiger partial charge in [-0.1, -0.05) is 0 Å². The number of amides is 1. The monoisotopic (exact) mass is 331 g/mol. The Bertz CT molecular complexity index is 820. The molecule has 3 aromatic rings. The first kappa shape index (κ1) is 15.1. The highest BCUT2D eigenvalue weighted by Gasteiger charge is 2.13. The maximum Gasteiger partial charge on any atom is 0.266 e. The molecule has 0 aliphatic rings. The predicted molar refractivity (Wildman–Crippen MR) is 94.2 cm³/mol. The minimum Gasteiger partial charge on any atom is -0.321 e. The molecule has 0 saturated carbocycles. The van der Waals surface area contributed by atoms with Crippen LogP contribution in [0.1, 0.15) is 29.6 Å². The quantitative estimate of drug-likeness (QED) is 0.708. The highest BCUT2D eigenvalue weighted by atomic mass is 32.2. The van der Waals surface area contributed by atoms with E-state index in [1.807, 2.05) is 46.8 Å². The van der Waals surface area contributed by atoms with E-state index in [1.165, 1.54) is 11.3 Å². The Balaban J connectivity index is 1.86. The van der Waals surface area contributed by atoms with Gasteiger partial charge in [-0.3, -0.25) is 9.48 Å². The molecule has 1 N–H and O–H groups in total. The van der Waals surface area contributed by atoms with E-state index in [1.54, 1.807) is 11.8 Å². The molecule has 0 aliphatic heterocycles. The van der Waals surface area contributed by atoms with Gasteiger partial charge in [0.25, 0.3) is 5.91 Å². The molecular formula is C16H17N3OS2. The van der Waals surface area contributed by atoms with Crippen LogP contribution >= 0.6 is 23.1 Å². The van der Waals surface area contributed by atoms with E-state index in [2.05, 4.69) is 24.3 Å². The van der Waals surface area contributed by atoms with Crippen molar-refractivity contribution in [3.8, 4) is 0 Å². The number of thiophene rings is 1. The summed E-state index contributed by atoms with van der Waals surface area (Å²) in [7, 11) is 0. The van der Waals surface area contributed by atoms with E-state index in [0.29, 0.717) is 6.04 Å². The molecule has 1 amide bonds. The molecule has 1 aromatic carbocycles. The van der Waals surface area contributed by atoms with Crippen LogP contribution in [-0.4, -0.2) is 21.9 Å². The standard InChI is InChI=1S/C16H17N3OS2/c1-10(2)19-9-11-4-5-12(8-13(11)18-19)17-16(20)15-14(21-3)6-7-22-15/h4-10H,1-3H3,(H,17,20). The zero-order valence-electron chi connectivity index (χ0n) is 12.7. The fourth-order valence-electron chi connectivity index (χ4n) is 2.19. The van der Waals surface area contributed by atoms with Gasteiger partial charge in [0.05, 0.1) is 5.52 Å². The number of hydrogen-bond donors (Lipinski definition) is 1.